The van der Waals surface area contributed by atoms with E-state index in [2.05, 4.69) is 6.58 Å². The maximum absolute atomic E-state index is 12.5. The van der Waals surface area contributed by atoms with Gasteiger partial charge in [0.05, 0.1) is 24.7 Å². The van der Waals surface area contributed by atoms with Crippen molar-refractivity contribution < 1.29 is 24.5 Å². The Balaban J connectivity index is 2.01. The van der Waals surface area contributed by atoms with Crippen LogP contribution in [0.1, 0.15) is 24.5 Å². The average Bonchev–Trinajstić information content (AvgIpc) is 2.94. The van der Waals surface area contributed by atoms with Gasteiger partial charge in [-0.1, -0.05) is 30.9 Å². The molecule has 25 heavy (non-hydrogen) atoms. The Morgan fingerprint density at radius 1 is 1.52 bits per heavy atom. The number of esters is 1. The van der Waals surface area contributed by atoms with Crippen LogP contribution in [-0.4, -0.2) is 45.7 Å². The van der Waals surface area contributed by atoms with Crippen LogP contribution in [0, 0.1) is 5.92 Å². The number of benzene rings is 1. The van der Waals surface area contributed by atoms with Gasteiger partial charge in [-0.15, -0.1) is 0 Å². The normalized spacial score (nSPS) is 23.2. The predicted molar refractivity (Wildman–Crippen MR) is 90.9 cm³/mol. The zero-order valence-corrected chi connectivity index (χ0v) is 14.0. The van der Waals surface area contributed by atoms with Crippen LogP contribution in [0.5, 0.6) is 0 Å². The largest absolute Gasteiger partial charge is 0.457 e. The number of carbonyl (C=O) groups is 2. The van der Waals surface area contributed by atoms with Gasteiger partial charge in [-0.2, -0.15) is 0 Å². The number of nitrogens with zero attached hydrogens (tertiary/aromatic N) is 1. The van der Waals surface area contributed by atoms with Crippen molar-refractivity contribution in [3.63, 3.8) is 0 Å². The van der Waals surface area contributed by atoms with Gasteiger partial charge in [-0.3, -0.25) is 4.79 Å². The molecule has 0 spiro atoms. The summed E-state index contributed by atoms with van der Waals surface area (Å²) in [6.45, 7) is 5.05. The van der Waals surface area contributed by atoms with Crippen molar-refractivity contribution in [2.75, 3.05) is 6.61 Å². The number of hydrogen-bond acceptors (Lipinski definition) is 5. The number of β-lactam (4-membered cyclic amide) rings is 1. The fourth-order valence-electron chi connectivity index (χ4n) is 3.58. The molecule has 132 valence electrons. The Morgan fingerprint density at radius 2 is 2.28 bits per heavy atom. The fraction of sp³-hybridized carbons (Fsp3) is 0.368. The van der Waals surface area contributed by atoms with Crippen LogP contribution in [0.25, 0.3) is 5.57 Å². The van der Waals surface area contributed by atoms with Gasteiger partial charge in [-0.05, 0) is 36.1 Å². The second kappa shape index (κ2) is 6.82. The van der Waals surface area contributed by atoms with E-state index >= 15 is 0 Å². The van der Waals surface area contributed by atoms with Crippen LogP contribution in [0.15, 0.2) is 42.6 Å². The molecule has 6 heteroatoms. The summed E-state index contributed by atoms with van der Waals surface area (Å²) < 4.78 is 5.16. The average molecular weight is 343 g/mol. The fourth-order valence-corrected chi connectivity index (χ4v) is 3.58. The second-order valence-electron chi connectivity index (χ2n) is 6.32. The Kier molecular flexibility index (Phi) is 4.74. The van der Waals surface area contributed by atoms with Crippen molar-refractivity contribution in [2.24, 2.45) is 5.92 Å². The zero-order chi connectivity index (χ0) is 18.1. The third kappa shape index (κ3) is 2.88. The number of carbonyl (C=O) groups excluding carboxylic acids is 2. The van der Waals surface area contributed by atoms with Gasteiger partial charge < -0.3 is 19.8 Å². The smallest absolute Gasteiger partial charge is 0.355 e. The van der Waals surface area contributed by atoms with Gasteiger partial charge in [-0.25, -0.2) is 4.79 Å². The van der Waals surface area contributed by atoms with E-state index < -0.39 is 18.0 Å². The highest BCUT2D eigenvalue weighted by Crippen LogP contribution is 2.47. The zero-order valence-electron chi connectivity index (χ0n) is 14.0. The molecule has 2 N–H and O–H groups in total. The monoisotopic (exact) mass is 343 g/mol. The molecule has 1 fully saturated rings. The lowest BCUT2D eigenvalue weighted by molar-refractivity contribution is -0.162. The number of ether oxygens (including phenoxy) is 1. The third-order valence-electron chi connectivity index (χ3n) is 4.71. The van der Waals surface area contributed by atoms with E-state index in [0.717, 1.165) is 11.1 Å². The minimum absolute atomic E-state index is 0.0544. The molecule has 1 saturated heterocycles. The molecule has 2 aliphatic heterocycles. The summed E-state index contributed by atoms with van der Waals surface area (Å²) in [5, 5.41) is 19.2. The highest BCUT2D eigenvalue weighted by Gasteiger charge is 2.57. The summed E-state index contributed by atoms with van der Waals surface area (Å²) in [5.74, 6) is -1.36. The van der Waals surface area contributed by atoms with Crippen LogP contribution in [0.3, 0.4) is 0 Å². The van der Waals surface area contributed by atoms with E-state index in [0.29, 0.717) is 12.0 Å². The first-order valence-electron chi connectivity index (χ1n) is 8.22. The topological polar surface area (TPSA) is 87.1 Å². The van der Waals surface area contributed by atoms with Crippen LogP contribution in [0.2, 0.25) is 0 Å². The summed E-state index contributed by atoms with van der Waals surface area (Å²) in [6, 6.07) is 6.97. The standard InChI is InChI=1S/C19H21NO5/c1-3-7-25-19(24)17-14(13-6-4-5-12(8-13)10-21)9-15-16(11(2)22)18(23)20(15)17/h3-6,8,11,15-16,21-22H,1,7,9-10H2,2H3/t11-,15-,16-/m1/s1. The Hall–Kier alpha value is -2.44. The Morgan fingerprint density at radius 3 is 2.92 bits per heavy atom. The first-order chi connectivity index (χ1) is 12.0. The third-order valence-corrected chi connectivity index (χ3v) is 4.71. The Labute approximate surface area is 146 Å². The van der Waals surface area contributed by atoms with Crippen molar-refractivity contribution in [3.8, 4) is 0 Å². The summed E-state index contributed by atoms with van der Waals surface area (Å²) in [5.41, 5.74) is 2.41. The van der Waals surface area contributed by atoms with Crippen molar-refractivity contribution in [2.45, 2.75) is 32.1 Å². The van der Waals surface area contributed by atoms with Crippen molar-refractivity contribution >= 4 is 17.4 Å². The minimum atomic E-state index is -0.776. The number of rotatable bonds is 6. The minimum Gasteiger partial charge on any atom is -0.457 e. The molecule has 0 saturated carbocycles. The molecule has 2 aliphatic rings. The van der Waals surface area contributed by atoms with Gasteiger partial charge in [0.2, 0.25) is 5.91 Å². The van der Waals surface area contributed by atoms with Crippen molar-refractivity contribution in [1.82, 2.24) is 4.90 Å². The number of hydrogen-bond donors (Lipinski definition) is 2. The number of fused-ring (bicyclic) bond motifs is 1. The molecule has 1 aromatic carbocycles. The molecule has 2 heterocycles. The molecular weight excluding hydrogens is 322 g/mol. The number of aliphatic hydroxyl groups excluding tert-OH is 2. The van der Waals surface area contributed by atoms with E-state index in [1.807, 2.05) is 6.07 Å². The van der Waals surface area contributed by atoms with Gasteiger partial charge in [0.15, 0.2) is 0 Å². The molecular formula is C19H21NO5. The van der Waals surface area contributed by atoms with E-state index in [9.17, 15) is 19.8 Å². The molecule has 6 nitrogen and oxygen atoms in total. The van der Waals surface area contributed by atoms with E-state index in [4.69, 9.17) is 4.74 Å². The van der Waals surface area contributed by atoms with Gasteiger partial charge >= 0.3 is 5.97 Å². The maximum atomic E-state index is 12.5. The summed E-state index contributed by atoms with van der Waals surface area (Å²) >= 11 is 0. The maximum Gasteiger partial charge on any atom is 0.355 e. The molecule has 3 atom stereocenters. The predicted octanol–water partition coefficient (Wildman–Crippen LogP) is 1.23. The molecule has 1 aromatic rings. The van der Waals surface area contributed by atoms with Crippen molar-refractivity contribution in [3.05, 3.63) is 53.7 Å². The van der Waals surface area contributed by atoms with Crippen LogP contribution in [0.4, 0.5) is 0 Å². The molecule has 0 aliphatic carbocycles. The van der Waals surface area contributed by atoms with Crippen LogP contribution in [-0.2, 0) is 20.9 Å². The molecule has 0 bridgehead atoms. The molecule has 1 amide bonds. The Bertz CT molecular complexity index is 752. The number of aliphatic hydroxyl groups is 2. The SMILES string of the molecule is C=CCOC(=O)C1=C(c2cccc(CO)c2)C[C@@H]2[C@@H]([C@@H](C)O)C(=O)N12. The lowest BCUT2D eigenvalue weighted by Gasteiger charge is -2.44. The first kappa shape index (κ1) is 17.4. The van der Waals surface area contributed by atoms with Crippen LogP contribution >= 0.6 is 0 Å². The van der Waals surface area contributed by atoms with Gasteiger partial charge in [0.1, 0.15) is 12.3 Å². The summed E-state index contributed by atoms with van der Waals surface area (Å²) in [4.78, 5) is 26.4. The van der Waals surface area contributed by atoms with Gasteiger partial charge in [0.25, 0.3) is 0 Å². The first-order valence-corrected chi connectivity index (χ1v) is 8.22. The summed E-state index contributed by atoms with van der Waals surface area (Å²) in [7, 11) is 0. The molecule has 0 aromatic heterocycles. The molecule has 0 unspecified atom stereocenters. The summed E-state index contributed by atoms with van der Waals surface area (Å²) in [6.07, 6.45) is 1.16. The second-order valence-corrected chi connectivity index (χ2v) is 6.32. The highest BCUT2D eigenvalue weighted by atomic mass is 16.5. The van der Waals surface area contributed by atoms with E-state index in [1.54, 1.807) is 25.1 Å². The van der Waals surface area contributed by atoms with Gasteiger partial charge in [0, 0.05) is 0 Å². The quantitative estimate of drug-likeness (QED) is 0.461. The lowest BCUT2D eigenvalue weighted by Crippen LogP contribution is -2.61. The molecule has 3 rings (SSSR count). The lowest BCUT2D eigenvalue weighted by atomic mass is 9.82. The molecule has 0 radical (unpaired) electrons. The number of amides is 1. The van der Waals surface area contributed by atoms with Crippen LogP contribution < -0.4 is 0 Å². The highest BCUT2D eigenvalue weighted by molar-refractivity contribution is 6.06. The van der Waals surface area contributed by atoms with E-state index in [-0.39, 0.29) is 30.9 Å². The van der Waals surface area contributed by atoms with Crippen molar-refractivity contribution in [1.29, 1.82) is 0 Å². The van der Waals surface area contributed by atoms with E-state index in [1.165, 1.54) is 11.0 Å².